The number of likely N-dealkylation sites (tertiary alicyclic amines) is 1. The van der Waals surface area contributed by atoms with Gasteiger partial charge in [0.1, 0.15) is 0 Å². The molecule has 122 valence electrons. The van der Waals surface area contributed by atoms with Gasteiger partial charge >= 0.3 is 0 Å². The van der Waals surface area contributed by atoms with Crippen LogP contribution in [0.4, 0.5) is 0 Å². The van der Waals surface area contributed by atoms with Crippen molar-refractivity contribution in [2.45, 2.75) is 32.2 Å². The monoisotopic (exact) mass is 323 g/mol. The van der Waals surface area contributed by atoms with Gasteiger partial charge in [0.25, 0.3) is 0 Å². The van der Waals surface area contributed by atoms with Crippen LogP contribution in [0.15, 0.2) is 17.5 Å². The lowest BCUT2D eigenvalue weighted by Crippen LogP contribution is -2.49. The Labute approximate surface area is 136 Å². The zero-order chi connectivity index (χ0) is 15.9. The van der Waals surface area contributed by atoms with Crippen molar-refractivity contribution in [3.05, 3.63) is 22.4 Å². The highest BCUT2D eigenvalue weighted by atomic mass is 32.1. The Morgan fingerprint density at radius 3 is 2.73 bits per heavy atom. The molecule has 5 nitrogen and oxygen atoms in total. The van der Waals surface area contributed by atoms with Gasteiger partial charge in [-0.3, -0.25) is 14.5 Å². The molecule has 2 amide bonds. The standard InChI is InChI=1S/C16H25N3O2S/c1-12(15(20)18-8-5-14-4-3-11-22-14)19-9-6-13(7-10-19)16(21)17-2/h3-4,11-13H,5-10H2,1-2H3,(H,17,21)(H,18,20). The first-order valence-electron chi connectivity index (χ1n) is 7.87. The molecular weight excluding hydrogens is 298 g/mol. The molecule has 1 fully saturated rings. The number of hydrogen-bond donors (Lipinski definition) is 2. The summed E-state index contributed by atoms with van der Waals surface area (Å²) >= 11 is 1.72. The Morgan fingerprint density at radius 2 is 2.14 bits per heavy atom. The van der Waals surface area contributed by atoms with Gasteiger partial charge in [-0.1, -0.05) is 6.07 Å². The largest absolute Gasteiger partial charge is 0.359 e. The van der Waals surface area contributed by atoms with E-state index in [2.05, 4.69) is 27.0 Å². The molecule has 1 aromatic rings. The number of hydrogen-bond acceptors (Lipinski definition) is 4. The minimum absolute atomic E-state index is 0.0787. The first-order valence-corrected chi connectivity index (χ1v) is 8.75. The normalized spacial score (nSPS) is 17.9. The molecular formula is C16H25N3O2S. The summed E-state index contributed by atoms with van der Waals surface area (Å²) in [5, 5.41) is 7.77. The Balaban J connectivity index is 1.71. The Kier molecular flexibility index (Phi) is 6.39. The van der Waals surface area contributed by atoms with Gasteiger partial charge in [0.2, 0.25) is 11.8 Å². The molecule has 0 bridgehead atoms. The maximum Gasteiger partial charge on any atom is 0.237 e. The van der Waals surface area contributed by atoms with Crippen molar-refractivity contribution in [1.82, 2.24) is 15.5 Å². The number of piperidine rings is 1. The van der Waals surface area contributed by atoms with Crippen LogP contribution in [-0.2, 0) is 16.0 Å². The second-order valence-electron chi connectivity index (χ2n) is 5.72. The molecule has 0 saturated carbocycles. The third-order valence-electron chi connectivity index (χ3n) is 4.32. The van der Waals surface area contributed by atoms with E-state index in [1.807, 2.05) is 13.0 Å². The van der Waals surface area contributed by atoms with Crippen molar-refractivity contribution >= 4 is 23.2 Å². The number of carbonyl (C=O) groups excluding carboxylic acids is 2. The van der Waals surface area contributed by atoms with E-state index in [9.17, 15) is 9.59 Å². The molecule has 0 radical (unpaired) electrons. The fourth-order valence-corrected chi connectivity index (χ4v) is 3.54. The molecule has 0 aliphatic carbocycles. The predicted octanol–water partition coefficient (Wildman–Crippen LogP) is 1.25. The molecule has 2 heterocycles. The van der Waals surface area contributed by atoms with Gasteiger partial charge in [-0.2, -0.15) is 0 Å². The zero-order valence-electron chi connectivity index (χ0n) is 13.3. The van der Waals surface area contributed by atoms with Crippen molar-refractivity contribution in [1.29, 1.82) is 0 Å². The summed E-state index contributed by atoms with van der Waals surface area (Å²) in [6.45, 7) is 4.23. The molecule has 1 unspecified atom stereocenters. The van der Waals surface area contributed by atoms with E-state index < -0.39 is 0 Å². The number of carbonyl (C=O) groups is 2. The molecule has 22 heavy (non-hydrogen) atoms. The minimum atomic E-state index is -0.131. The van der Waals surface area contributed by atoms with E-state index in [1.165, 1.54) is 4.88 Å². The lowest BCUT2D eigenvalue weighted by atomic mass is 9.95. The smallest absolute Gasteiger partial charge is 0.237 e. The van der Waals surface area contributed by atoms with Crippen LogP contribution in [0.2, 0.25) is 0 Å². The summed E-state index contributed by atoms with van der Waals surface area (Å²) in [4.78, 5) is 27.3. The van der Waals surface area contributed by atoms with E-state index in [0.717, 1.165) is 32.4 Å². The number of rotatable bonds is 6. The van der Waals surface area contributed by atoms with Crippen molar-refractivity contribution in [2.24, 2.45) is 5.92 Å². The molecule has 1 aliphatic rings. The average molecular weight is 323 g/mol. The SMILES string of the molecule is CNC(=O)C1CCN(C(C)C(=O)NCCc2cccs2)CC1. The lowest BCUT2D eigenvalue weighted by Gasteiger charge is -2.34. The third-order valence-corrected chi connectivity index (χ3v) is 5.26. The van der Waals surface area contributed by atoms with E-state index in [1.54, 1.807) is 18.4 Å². The van der Waals surface area contributed by atoms with Gasteiger partial charge in [0, 0.05) is 24.4 Å². The predicted molar refractivity (Wildman–Crippen MR) is 88.9 cm³/mol. The number of nitrogens with zero attached hydrogens (tertiary/aromatic N) is 1. The van der Waals surface area contributed by atoms with Crippen LogP contribution >= 0.6 is 11.3 Å². The van der Waals surface area contributed by atoms with Gasteiger partial charge in [0.15, 0.2) is 0 Å². The maximum atomic E-state index is 12.2. The van der Waals surface area contributed by atoms with Crippen LogP contribution in [0.25, 0.3) is 0 Å². The average Bonchev–Trinajstić information content (AvgIpc) is 3.06. The molecule has 1 aliphatic heterocycles. The molecule has 1 aromatic heterocycles. The highest BCUT2D eigenvalue weighted by Crippen LogP contribution is 2.19. The van der Waals surface area contributed by atoms with Crippen LogP contribution in [0.1, 0.15) is 24.6 Å². The van der Waals surface area contributed by atoms with Crippen molar-refractivity contribution < 1.29 is 9.59 Å². The number of nitrogens with one attached hydrogen (secondary N) is 2. The lowest BCUT2D eigenvalue weighted by molar-refractivity contribution is -0.128. The molecule has 6 heteroatoms. The number of amides is 2. The van der Waals surface area contributed by atoms with Gasteiger partial charge in [-0.05, 0) is 50.7 Å². The van der Waals surface area contributed by atoms with Gasteiger partial charge in [0.05, 0.1) is 6.04 Å². The fraction of sp³-hybridized carbons (Fsp3) is 0.625. The third kappa shape index (κ3) is 4.55. The molecule has 0 spiro atoms. The highest BCUT2D eigenvalue weighted by molar-refractivity contribution is 7.09. The summed E-state index contributed by atoms with van der Waals surface area (Å²) < 4.78 is 0. The van der Waals surface area contributed by atoms with Crippen LogP contribution in [0.5, 0.6) is 0 Å². The van der Waals surface area contributed by atoms with Gasteiger partial charge in [-0.25, -0.2) is 0 Å². The quantitative estimate of drug-likeness (QED) is 0.828. The van der Waals surface area contributed by atoms with Gasteiger partial charge in [-0.15, -0.1) is 11.3 Å². The summed E-state index contributed by atoms with van der Waals surface area (Å²) in [5.74, 6) is 0.290. The molecule has 2 N–H and O–H groups in total. The maximum absolute atomic E-state index is 12.2. The van der Waals surface area contributed by atoms with E-state index in [0.29, 0.717) is 6.54 Å². The molecule has 1 atom stereocenters. The fourth-order valence-electron chi connectivity index (χ4n) is 2.83. The molecule has 2 rings (SSSR count). The molecule has 1 saturated heterocycles. The highest BCUT2D eigenvalue weighted by Gasteiger charge is 2.29. The Hall–Kier alpha value is -1.40. The summed E-state index contributed by atoms with van der Waals surface area (Å²) in [6.07, 6.45) is 2.54. The van der Waals surface area contributed by atoms with Crippen LogP contribution < -0.4 is 10.6 Å². The number of thiophene rings is 1. The first kappa shape index (κ1) is 17.0. The van der Waals surface area contributed by atoms with Crippen LogP contribution in [-0.4, -0.2) is 49.4 Å². The van der Waals surface area contributed by atoms with Crippen LogP contribution in [0.3, 0.4) is 0 Å². The van der Waals surface area contributed by atoms with Crippen molar-refractivity contribution in [2.75, 3.05) is 26.7 Å². The second-order valence-corrected chi connectivity index (χ2v) is 6.75. The summed E-state index contributed by atoms with van der Waals surface area (Å²) in [7, 11) is 1.68. The minimum Gasteiger partial charge on any atom is -0.359 e. The first-order chi connectivity index (χ1) is 10.6. The topological polar surface area (TPSA) is 61.4 Å². The van der Waals surface area contributed by atoms with E-state index in [-0.39, 0.29) is 23.8 Å². The Morgan fingerprint density at radius 1 is 1.41 bits per heavy atom. The van der Waals surface area contributed by atoms with E-state index >= 15 is 0 Å². The van der Waals surface area contributed by atoms with Crippen LogP contribution in [0, 0.1) is 5.92 Å². The zero-order valence-corrected chi connectivity index (χ0v) is 14.1. The Bertz CT molecular complexity index is 482. The van der Waals surface area contributed by atoms with Gasteiger partial charge < -0.3 is 10.6 Å². The summed E-state index contributed by atoms with van der Waals surface area (Å²) in [6, 6.07) is 3.99. The molecule has 0 aromatic carbocycles. The van der Waals surface area contributed by atoms with Crippen molar-refractivity contribution in [3.63, 3.8) is 0 Å². The van der Waals surface area contributed by atoms with Crippen molar-refractivity contribution in [3.8, 4) is 0 Å². The second kappa shape index (κ2) is 8.29. The van der Waals surface area contributed by atoms with E-state index in [4.69, 9.17) is 0 Å². The summed E-state index contributed by atoms with van der Waals surface area (Å²) in [5.41, 5.74) is 0.